The molecule has 23 heteroatoms. The molecule has 0 aliphatic carbocycles. The van der Waals surface area contributed by atoms with Gasteiger partial charge in [0.25, 0.3) is 5.91 Å². The minimum Gasteiger partial charge on any atom is -0.387 e. The summed E-state index contributed by atoms with van der Waals surface area (Å²) in [6.07, 6.45) is -9.04. The van der Waals surface area contributed by atoms with Crippen molar-refractivity contribution >= 4 is 60.0 Å². The van der Waals surface area contributed by atoms with Crippen LogP contribution in [-0.4, -0.2) is 90.6 Å². The molecule has 0 radical (unpaired) electrons. The maximum Gasteiger partial charge on any atom is 0.697 e. The van der Waals surface area contributed by atoms with Gasteiger partial charge in [-0.2, -0.15) is 5.10 Å². The van der Waals surface area contributed by atoms with Gasteiger partial charge in [0.1, 0.15) is 54.7 Å². The van der Waals surface area contributed by atoms with E-state index in [1.807, 2.05) is 0 Å². The number of fused-ring (bicyclic) bond motifs is 4. The van der Waals surface area contributed by atoms with Crippen LogP contribution in [-0.2, 0) is 36.7 Å². The van der Waals surface area contributed by atoms with Crippen molar-refractivity contribution in [3.05, 3.63) is 30.1 Å². The number of anilines is 1. The van der Waals surface area contributed by atoms with E-state index in [0.717, 1.165) is 0 Å². The van der Waals surface area contributed by atoms with Crippen LogP contribution >= 0.6 is 37.1 Å². The highest BCUT2D eigenvalue weighted by Gasteiger charge is 2.55. The lowest BCUT2D eigenvalue weighted by Gasteiger charge is -2.24. The monoisotopic (exact) mass is 667 g/mol. The highest BCUT2D eigenvalue weighted by Crippen LogP contribution is 2.65. The van der Waals surface area contributed by atoms with E-state index in [-0.39, 0.29) is 28.4 Å². The van der Waals surface area contributed by atoms with Gasteiger partial charge in [0, 0.05) is 15.0 Å². The molecular weight excluding hydrogens is 645 g/mol. The number of H-pyrrole nitrogens is 1. The largest absolute Gasteiger partial charge is 0.697 e. The maximum absolute atomic E-state index is 16.0. The van der Waals surface area contributed by atoms with Crippen molar-refractivity contribution in [2.45, 2.75) is 49.0 Å². The van der Waals surface area contributed by atoms with Crippen LogP contribution in [0.25, 0.3) is 11.2 Å². The number of halogens is 1. The fourth-order valence-electron chi connectivity index (χ4n) is 4.74. The molecule has 18 nitrogen and oxygen atoms in total. The van der Waals surface area contributed by atoms with E-state index in [0.29, 0.717) is 10.4 Å². The number of amides is 1. The summed E-state index contributed by atoms with van der Waals surface area (Å²) in [6.45, 7) is -5.36. The van der Waals surface area contributed by atoms with Gasteiger partial charge in [-0.15, -0.1) is 9.05 Å². The normalized spacial score (nSPS) is 36.7. The maximum atomic E-state index is 16.0. The van der Waals surface area contributed by atoms with Gasteiger partial charge < -0.3 is 26.0 Å². The zero-order valence-electron chi connectivity index (χ0n) is 20.9. The minimum absolute atomic E-state index is 0.0612. The third kappa shape index (κ3) is 5.43. The number of primary amides is 1. The summed E-state index contributed by atoms with van der Waals surface area (Å²) in [7, 11) is -2.60. The number of alkyl halides is 1. The first-order valence-electron chi connectivity index (χ1n) is 12.0. The van der Waals surface area contributed by atoms with Crippen LogP contribution < -0.4 is 11.5 Å². The molecule has 3 aromatic heterocycles. The third-order valence-corrected chi connectivity index (χ3v) is 11.6. The number of aliphatic hydroxyl groups is 1. The number of ether oxygens (including phenoxy) is 2. The van der Waals surface area contributed by atoms with Crippen molar-refractivity contribution < 1.29 is 51.0 Å². The SMILES string of the molecule is NC(=O)c1cc([C@@H]2O[C@@H]3COP(=O)(SS)O[C@H]4[C@@H](F)[C@H](n5cnc6c(N)ncnc65)O[C@@H]4CO[P+](=O)O[C@@H]2[C@@H]3O)[nH]n1. The number of hydrogen-bond acceptors (Lipinski definition) is 17. The molecule has 10 atom stereocenters. The zero-order valence-corrected chi connectivity index (χ0v) is 24.4. The number of aromatic amines is 1. The molecule has 1 amide bonds. The Morgan fingerprint density at radius 2 is 2.07 bits per heavy atom. The predicted molar refractivity (Wildman–Crippen MR) is 143 cm³/mol. The summed E-state index contributed by atoms with van der Waals surface area (Å²) in [5.41, 5.74) is 11.5. The molecule has 2 unspecified atom stereocenters. The summed E-state index contributed by atoms with van der Waals surface area (Å²) >= 11 is 4.00. The Balaban J connectivity index is 1.29. The first kappa shape index (κ1) is 29.8. The molecule has 0 saturated carbocycles. The molecule has 2 bridgehead atoms. The molecule has 3 aliphatic heterocycles. The van der Waals surface area contributed by atoms with E-state index in [1.54, 1.807) is 0 Å². The van der Waals surface area contributed by atoms with Crippen molar-refractivity contribution in [3.63, 3.8) is 0 Å². The standard InChI is InChI=1S/C19H21FN8O10P2S2/c20-10-14-9(36-19(10)28-5-25-11-16(21)23-4-24-18(11)28)2-33-39(31)37-15-12(29)8(3-34-40(32,38-14)42-41)35-13(15)6-1-7(17(22)30)27-26-6/h1,4-5,8-10,12-15,19,29H,2-3H2,(H5-,21,22,23,24,26,27,30,41)/p+1/t8-,9-,10-,12-,13+,14-,15-,19-,40?/m1/s1. The van der Waals surface area contributed by atoms with Crippen molar-refractivity contribution in [2.75, 3.05) is 18.9 Å². The van der Waals surface area contributed by atoms with E-state index < -0.39 is 83.2 Å². The van der Waals surface area contributed by atoms with Gasteiger partial charge >= 0.3 is 15.1 Å². The second kappa shape index (κ2) is 11.7. The molecule has 3 saturated heterocycles. The zero-order chi connectivity index (χ0) is 29.8. The van der Waals surface area contributed by atoms with E-state index in [2.05, 4.69) is 36.8 Å². The van der Waals surface area contributed by atoms with Crippen molar-refractivity contribution in [1.82, 2.24) is 29.7 Å². The Morgan fingerprint density at radius 3 is 2.81 bits per heavy atom. The van der Waals surface area contributed by atoms with E-state index in [9.17, 15) is 19.0 Å². The third-order valence-electron chi connectivity index (χ3n) is 6.72. The number of nitrogen functional groups attached to an aromatic ring is 1. The van der Waals surface area contributed by atoms with Gasteiger partial charge in [-0.05, 0) is 6.07 Å². The second-order valence-corrected chi connectivity index (χ2v) is 15.0. The summed E-state index contributed by atoms with van der Waals surface area (Å²) in [4.78, 5) is 23.5. The fourth-order valence-corrected chi connectivity index (χ4v) is 8.03. The molecule has 6 rings (SSSR count). The summed E-state index contributed by atoms with van der Waals surface area (Å²) in [5, 5.41) is 17.2. The van der Waals surface area contributed by atoms with Crippen LogP contribution in [0.2, 0.25) is 0 Å². The molecular formula is C19H22FN8O10P2S2+. The number of nitrogens with zero attached hydrogens (tertiary/aromatic N) is 5. The summed E-state index contributed by atoms with van der Waals surface area (Å²) in [5.74, 6) is -0.768. The molecule has 0 aromatic carbocycles. The Kier molecular flexibility index (Phi) is 8.26. The highest BCUT2D eigenvalue weighted by atomic mass is 33.3. The summed E-state index contributed by atoms with van der Waals surface area (Å²) < 4.78 is 77.3. The van der Waals surface area contributed by atoms with Crippen LogP contribution in [0, 0.1) is 0 Å². The number of carbonyl (C=O) groups is 1. The van der Waals surface area contributed by atoms with Crippen molar-refractivity contribution in [2.24, 2.45) is 5.73 Å². The lowest BCUT2D eigenvalue weighted by molar-refractivity contribution is -0.0453. The number of nitrogens with two attached hydrogens (primary N) is 2. The lowest BCUT2D eigenvalue weighted by Crippen LogP contribution is -2.34. The minimum atomic E-state index is -4.25. The van der Waals surface area contributed by atoms with Gasteiger partial charge in [-0.3, -0.25) is 23.5 Å². The van der Waals surface area contributed by atoms with E-state index >= 15 is 4.39 Å². The Morgan fingerprint density at radius 1 is 1.26 bits per heavy atom. The van der Waals surface area contributed by atoms with Crippen LogP contribution in [0.4, 0.5) is 10.2 Å². The smallest absolute Gasteiger partial charge is 0.387 e. The van der Waals surface area contributed by atoms with Gasteiger partial charge in [0.15, 0.2) is 30.0 Å². The fraction of sp³-hybridized carbons (Fsp3) is 0.526. The van der Waals surface area contributed by atoms with E-state index in [1.165, 1.54) is 23.3 Å². The van der Waals surface area contributed by atoms with Crippen LogP contribution in [0.5, 0.6) is 0 Å². The first-order valence-corrected chi connectivity index (χ1v) is 17.1. The van der Waals surface area contributed by atoms with Crippen molar-refractivity contribution in [1.29, 1.82) is 0 Å². The van der Waals surface area contributed by atoms with Crippen LogP contribution in [0.3, 0.4) is 0 Å². The first-order chi connectivity index (χ1) is 20.1. The van der Waals surface area contributed by atoms with Crippen molar-refractivity contribution in [3.8, 4) is 0 Å². The molecule has 0 spiro atoms. The molecule has 6 N–H and O–H groups in total. The van der Waals surface area contributed by atoms with Gasteiger partial charge in [0.2, 0.25) is 0 Å². The van der Waals surface area contributed by atoms with Crippen LogP contribution in [0.1, 0.15) is 28.5 Å². The second-order valence-electron chi connectivity index (χ2n) is 9.24. The molecule has 42 heavy (non-hydrogen) atoms. The predicted octanol–water partition coefficient (Wildman–Crippen LogP) is 1.13. The van der Waals surface area contributed by atoms with Crippen LogP contribution in [0.15, 0.2) is 18.7 Å². The number of imidazole rings is 1. The van der Waals surface area contributed by atoms with Gasteiger partial charge in [0.05, 0.1) is 18.6 Å². The number of rotatable bonds is 4. The molecule has 3 aliphatic rings. The number of carbonyl (C=O) groups excluding carboxylic acids is 1. The molecule has 3 fully saturated rings. The number of aromatic nitrogens is 6. The number of aliphatic hydroxyl groups excluding tert-OH is 1. The number of nitrogens with one attached hydrogen (secondary N) is 1. The highest BCUT2D eigenvalue weighted by molar-refractivity contribution is 8.93. The Bertz CT molecular complexity index is 1570. The Labute approximate surface area is 244 Å². The quantitative estimate of drug-likeness (QED) is 0.148. The average Bonchev–Trinajstić information content (AvgIpc) is 3.74. The molecule has 226 valence electrons. The lowest BCUT2D eigenvalue weighted by atomic mass is 10.1. The topological polar surface area (TPSA) is 251 Å². The van der Waals surface area contributed by atoms with Gasteiger partial charge in [-0.25, -0.2) is 23.9 Å². The number of hydrogen-bond donors (Lipinski definition) is 5. The summed E-state index contributed by atoms with van der Waals surface area (Å²) in [6, 6.07) is 1.27. The molecule has 3 aromatic rings. The number of thiol groups is 1. The Hall–Kier alpha value is -2.29. The average molecular weight is 668 g/mol. The van der Waals surface area contributed by atoms with Gasteiger partial charge in [-0.1, -0.05) is 11.7 Å². The van der Waals surface area contributed by atoms with E-state index in [4.69, 9.17) is 39.0 Å². The molecule has 6 heterocycles.